The molecular formula is C22H26N4O6. The van der Waals surface area contributed by atoms with Crippen LogP contribution in [0.15, 0.2) is 46.8 Å². The Bertz CT molecular complexity index is 931. The molecule has 0 radical (unpaired) electrons. The van der Waals surface area contributed by atoms with Crippen molar-refractivity contribution in [2.24, 2.45) is 0 Å². The number of rotatable bonds is 6. The predicted octanol–water partition coefficient (Wildman–Crippen LogP) is 2.07. The predicted molar refractivity (Wildman–Crippen MR) is 114 cm³/mol. The number of esters is 2. The van der Waals surface area contributed by atoms with Gasteiger partial charge in [0, 0.05) is 11.4 Å². The van der Waals surface area contributed by atoms with Crippen LogP contribution in [0.25, 0.3) is 0 Å². The summed E-state index contributed by atoms with van der Waals surface area (Å²) in [5.41, 5.74) is 2.72. The fraction of sp³-hybridized carbons (Fsp3) is 0.364. The van der Waals surface area contributed by atoms with E-state index in [1.807, 2.05) is 0 Å². The quantitative estimate of drug-likeness (QED) is 0.498. The summed E-state index contributed by atoms with van der Waals surface area (Å²) in [6.45, 7) is 7.08. The molecule has 0 bridgehead atoms. The zero-order valence-electron chi connectivity index (χ0n) is 18.3. The van der Waals surface area contributed by atoms with Crippen LogP contribution in [0.2, 0.25) is 0 Å². The first-order valence-electron chi connectivity index (χ1n) is 10.3. The summed E-state index contributed by atoms with van der Waals surface area (Å²) in [6, 6.07) is 4.63. The molecule has 2 atom stereocenters. The minimum Gasteiger partial charge on any atom is -0.463 e. The van der Waals surface area contributed by atoms with E-state index in [1.54, 1.807) is 52.0 Å². The van der Waals surface area contributed by atoms with Gasteiger partial charge in [0.25, 0.3) is 0 Å². The van der Waals surface area contributed by atoms with Crippen LogP contribution >= 0.6 is 0 Å². The van der Waals surface area contributed by atoms with Gasteiger partial charge in [-0.25, -0.2) is 19.2 Å². The summed E-state index contributed by atoms with van der Waals surface area (Å²) >= 11 is 0. The van der Waals surface area contributed by atoms with E-state index in [1.165, 1.54) is 0 Å². The summed E-state index contributed by atoms with van der Waals surface area (Å²) < 4.78 is 10.3. The van der Waals surface area contributed by atoms with Gasteiger partial charge >= 0.3 is 24.0 Å². The molecule has 3 rings (SSSR count). The van der Waals surface area contributed by atoms with E-state index in [2.05, 4.69) is 21.3 Å². The highest BCUT2D eigenvalue weighted by Crippen LogP contribution is 2.31. The van der Waals surface area contributed by atoms with Crippen LogP contribution < -0.4 is 21.3 Å². The van der Waals surface area contributed by atoms with E-state index < -0.39 is 36.1 Å². The second kappa shape index (κ2) is 9.54. The highest BCUT2D eigenvalue weighted by atomic mass is 16.5. The molecule has 0 unspecified atom stereocenters. The fourth-order valence-electron chi connectivity index (χ4n) is 3.73. The van der Waals surface area contributed by atoms with E-state index in [4.69, 9.17) is 9.47 Å². The van der Waals surface area contributed by atoms with Crippen LogP contribution in [0, 0.1) is 0 Å². The smallest absolute Gasteiger partial charge is 0.338 e. The van der Waals surface area contributed by atoms with E-state index in [9.17, 15) is 19.2 Å². The largest absolute Gasteiger partial charge is 0.463 e. The lowest BCUT2D eigenvalue weighted by molar-refractivity contribution is -0.140. The summed E-state index contributed by atoms with van der Waals surface area (Å²) in [7, 11) is 0. The van der Waals surface area contributed by atoms with Gasteiger partial charge in [-0.3, -0.25) is 0 Å². The third-order valence-electron chi connectivity index (χ3n) is 5.13. The van der Waals surface area contributed by atoms with E-state index in [-0.39, 0.29) is 13.2 Å². The zero-order chi connectivity index (χ0) is 23.4. The molecule has 0 fully saturated rings. The summed E-state index contributed by atoms with van der Waals surface area (Å²) in [5.74, 6) is -1.05. The number of nitrogens with one attached hydrogen (secondary N) is 4. The molecule has 4 N–H and O–H groups in total. The topological polar surface area (TPSA) is 135 Å². The molecule has 0 aromatic heterocycles. The van der Waals surface area contributed by atoms with Gasteiger partial charge in [0.2, 0.25) is 0 Å². The third kappa shape index (κ3) is 4.58. The summed E-state index contributed by atoms with van der Waals surface area (Å²) in [4.78, 5) is 49.0. The average Bonchev–Trinajstić information content (AvgIpc) is 2.73. The Hall–Kier alpha value is -3.82. The number of benzene rings is 1. The molecule has 0 saturated heterocycles. The lowest BCUT2D eigenvalue weighted by atomic mass is 9.91. The van der Waals surface area contributed by atoms with Crippen LogP contribution in [0.5, 0.6) is 0 Å². The maximum atomic E-state index is 12.5. The molecule has 2 heterocycles. The first kappa shape index (κ1) is 22.9. The monoisotopic (exact) mass is 442 g/mol. The Kier molecular flexibility index (Phi) is 6.82. The highest BCUT2D eigenvalue weighted by molar-refractivity contribution is 5.96. The molecule has 10 heteroatoms. The van der Waals surface area contributed by atoms with Crippen LogP contribution in [0.3, 0.4) is 0 Å². The van der Waals surface area contributed by atoms with Gasteiger partial charge in [-0.05, 0) is 38.8 Å². The van der Waals surface area contributed by atoms with Gasteiger partial charge in [0.1, 0.15) is 0 Å². The van der Waals surface area contributed by atoms with Crippen LogP contribution in [0.1, 0.15) is 50.9 Å². The maximum absolute atomic E-state index is 12.5. The molecule has 0 saturated carbocycles. The van der Waals surface area contributed by atoms with Crippen molar-refractivity contribution in [2.45, 2.75) is 39.8 Å². The molecule has 0 spiro atoms. The van der Waals surface area contributed by atoms with Crippen molar-refractivity contribution >= 4 is 24.0 Å². The molecule has 2 aliphatic heterocycles. The van der Waals surface area contributed by atoms with Gasteiger partial charge in [0.15, 0.2) is 0 Å². The number of hydrogen-bond acceptors (Lipinski definition) is 6. The second-order valence-electron chi connectivity index (χ2n) is 7.25. The highest BCUT2D eigenvalue weighted by Gasteiger charge is 2.34. The zero-order valence-corrected chi connectivity index (χ0v) is 18.3. The number of allylic oxidation sites excluding steroid dienone is 2. The normalized spacial score (nSPS) is 20.6. The number of hydrogen-bond donors (Lipinski definition) is 4. The molecule has 170 valence electrons. The first-order valence-corrected chi connectivity index (χ1v) is 10.3. The van der Waals surface area contributed by atoms with Crippen LogP contribution in [-0.4, -0.2) is 37.2 Å². The Morgan fingerprint density at radius 2 is 1.09 bits per heavy atom. The molecule has 4 amide bonds. The van der Waals surface area contributed by atoms with Crippen LogP contribution in [-0.2, 0) is 19.1 Å². The van der Waals surface area contributed by atoms with Crippen molar-refractivity contribution in [1.29, 1.82) is 0 Å². The van der Waals surface area contributed by atoms with Crippen molar-refractivity contribution in [3.63, 3.8) is 0 Å². The van der Waals surface area contributed by atoms with Crippen molar-refractivity contribution < 1.29 is 28.7 Å². The third-order valence-corrected chi connectivity index (χ3v) is 5.13. The molecule has 0 aliphatic carbocycles. The Morgan fingerprint density at radius 3 is 1.41 bits per heavy atom. The second-order valence-corrected chi connectivity index (χ2v) is 7.25. The summed E-state index contributed by atoms with van der Waals surface area (Å²) in [5, 5.41) is 10.7. The first-order chi connectivity index (χ1) is 15.3. The molecule has 32 heavy (non-hydrogen) atoms. The van der Waals surface area contributed by atoms with Crippen molar-refractivity contribution in [3.8, 4) is 0 Å². The summed E-state index contributed by atoms with van der Waals surface area (Å²) in [6.07, 6.45) is 0. The Labute approximate surface area is 185 Å². The number of carbonyl (C=O) groups is 4. The van der Waals surface area contributed by atoms with Crippen molar-refractivity contribution in [3.05, 3.63) is 57.9 Å². The number of urea groups is 2. The Morgan fingerprint density at radius 1 is 0.750 bits per heavy atom. The molecule has 2 aliphatic rings. The minimum absolute atomic E-state index is 0.201. The fourth-order valence-corrected chi connectivity index (χ4v) is 3.73. The van der Waals surface area contributed by atoms with Gasteiger partial charge in [-0.15, -0.1) is 0 Å². The average molecular weight is 442 g/mol. The van der Waals surface area contributed by atoms with E-state index in [0.717, 1.165) is 0 Å². The van der Waals surface area contributed by atoms with E-state index >= 15 is 0 Å². The number of ether oxygens (including phenoxy) is 2. The molecule has 1 aromatic rings. The van der Waals surface area contributed by atoms with Gasteiger partial charge in [-0.2, -0.15) is 0 Å². The number of carbonyl (C=O) groups excluding carboxylic acids is 4. The van der Waals surface area contributed by atoms with Gasteiger partial charge < -0.3 is 30.7 Å². The lowest BCUT2D eigenvalue weighted by Crippen LogP contribution is -2.45. The lowest BCUT2D eigenvalue weighted by Gasteiger charge is -2.30. The molecule has 10 nitrogen and oxygen atoms in total. The molecule has 1 aromatic carbocycles. The molecular weight excluding hydrogens is 416 g/mol. The van der Waals surface area contributed by atoms with E-state index in [0.29, 0.717) is 33.7 Å². The SMILES string of the molecule is CCOC(=O)C1=C(C)NC(=O)N[C@@H]1c1ccc([C@H]2NC(=O)NC(C)=C2C(=O)OCC)cc1. The van der Waals surface area contributed by atoms with Crippen molar-refractivity contribution in [2.75, 3.05) is 13.2 Å². The minimum atomic E-state index is -0.707. The standard InChI is InChI=1S/C22H26N4O6/c1-5-31-19(27)15-11(3)23-21(29)25-17(15)13-7-9-14(10-8-13)18-16(20(28)32-6-2)12(4)24-22(30)26-18/h7-10,17-18H,5-6H2,1-4H3,(H2,23,25,29)(H2,24,26,30)/t17-,18-/m1/s1. The maximum Gasteiger partial charge on any atom is 0.338 e. The van der Waals surface area contributed by atoms with Gasteiger partial charge in [-0.1, -0.05) is 24.3 Å². The van der Waals surface area contributed by atoms with Crippen LogP contribution in [0.4, 0.5) is 9.59 Å². The Balaban J connectivity index is 1.95. The van der Waals surface area contributed by atoms with Crippen molar-refractivity contribution in [1.82, 2.24) is 21.3 Å². The number of amides is 4. The van der Waals surface area contributed by atoms with Gasteiger partial charge in [0.05, 0.1) is 36.4 Å².